The first-order chi connectivity index (χ1) is 11.6. The highest BCUT2D eigenvalue weighted by Crippen LogP contribution is 2.35. The second kappa shape index (κ2) is 6.88. The van der Waals surface area contributed by atoms with E-state index in [9.17, 15) is 9.59 Å². The minimum atomic E-state index is -0.484. The lowest BCUT2D eigenvalue weighted by Gasteiger charge is -2.05. The lowest BCUT2D eigenvalue weighted by Crippen LogP contribution is -2.12. The molecule has 5 nitrogen and oxygen atoms in total. The van der Waals surface area contributed by atoms with E-state index >= 15 is 0 Å². The van der Waals surface area contributed by atoms with E-state index in [0.29, 0.717) is 17.1 Å². The van der Waals surface area contributed by atoms with Crippen molar-refractivity contribution in [2.45, 2.75) is 0 Å². The molecule has 122 valence electrons. The lowest BCUT2D eigenvalue weighted by atomic mass is 10.1. The number of rotatable bonds is 4. The highest BCUT2D eigenvalue weighted by molar-refractivity contribution is 9.10. The molecule has 24 heavy (non-hydrogen) atoms. The number of halogens is 1. The Morgan fingerprint density at radius 3 is 2.79 bits per heavy atom. The van der Waals surface area contributed by atoms with E-state index in [2.05, 4.69) is 20.7 Å². The Kier molecular flexibility index (Phi) is 4.66. The molecule has 0 saturated carbocycles. The van der Waals surface area contributed by atoms with Crippen molar-refractivity contribution in [1.82, 2.24) is 0 Å². The second-order valence-corrected chi connectivity index (χ2v) is 5.84. The molecule has 0 bridgehead atoms. The third-order valence-corrected chi connectivity index (χ3v) is 4.14. The third kappa shape index (κ3) is 3.33. The van der Waals surface area contributed by atoms with Gasteiger partial charge in [0.1, 0.15) is 11.5 Å². The second-order valence-electron chi connectivity index (χ2n) is 4.98. The van der Waals surface area contributed by atoms with Crippen molar-refractivity contribution in [3.63, 3.8) is 0 Å². The minimum absolute atomic E-state index is 0.194. The van der Waals surface area contributed by atoms with Crippen LogP contribution in [0.5, 0.6) is 11.5 Å². The number of hydrogen-bond donors (Lipinski definition) is 0. The molecule has 2 aromatic rings. The average Bonchev–Trinajstić information content (AvgIpc) is 2.90. The molecule has 0 amide bonds. The van der Waals surface area contributed by atoms with Crippen molar-refractivity contribution in [2.75, 3.05) is 13.7 Å². The summed E-state index contributed by atoms with van der Waals surface area (Å²) in [6.45, 7) is -0.205. The molecule has 0 N–H and O–H groups in total. The first-order valence-electron chi connectivity index (χ1n) is 7.11. The van der Waals surface area contributed by atoms with E-state index in [1.54, 1.807) is 24.3 Å². The van der Waals surface area contributed by atoms with Gasteiger partial charge in [-0.3, -0.25) is 4.79 Å². The zero-order valence-electron chi connectivity index (χ0n) is 12.7. The number of Topliss-reactive ketones (excluding diaryl/α,β-unsaturated/α-hetero) is 1. The summed E-state index contributed by atoms with van der Waals surface area (Å²) in [5.74, 6) is 0.388. The van der Waals surface area contributed by atoms with Crippen LogP contribution in [0, 0.1) is 0 Å². The Balaban J connectivity index is 1.82. The van der Waals surface area contributed by atoms with E-state index in [4.69, 9.17) is 9.47 Å². The SMILES string of the molecule is COC(=O)COc1ccc2c(c1)O/C(=C/c1ccccc1Br)C2=O. The minimum Gasteiger partial charge on any atom is -0.482 e. The maximum atomic E-state index is 12.4. The highest BCUT2D eigenvalue weighted by Gasteiger charge is 2.28. The van der Waals surface area contributed by atoms with Gasteiger partial charge in [-0.25, -0.2) is 4.79 Å². The number of hydrogen-bond acceptors (Lipinski definition) is 5. The summed E-state index contributed by atoms with van der Waals surface area (Å²) in [4.78, 5) is 23.5. The number of allylic oxidation sites excluding steroid dienone is 1. The fourth-order valence-corrected chi connectivity index (χ4v) is 2.59. The molecule has 1 heterocycles. The maximum absolute atomic E-state index is 12.4. The monoisotopic (exact) mass is 388 g/mol. The van der Waals surface area contributed by atoms with Gasteiger partial charge in [-0.15, -0.1) is 0 Å². The van der Waals surface area contributed by atoms with Crippen LogP contribution in [-0.2, 0) is 9.53 Å². The van der Waals surface area contributed by atoms with Gasteiger partial charge in [-0.2, -0.15) is 0 Å². The topological polar surface area (TPSA) is 61.8 Å². The summed E-state index contributed by atoms with van der Waals surface area (Å²) in [5.41, 5.74) is 1.30. The molecule has 0 atom stereocenters. The molecule has 3 rings (SSSR count). The van der Waals surface area contributed by atoms with Crippen LogP contribution < -0.4 is 9.47 Å². The number of carbonyl (C=O) groups excluding carboxylic acids is 2. The van der Waals surface area contributed by atoms with Gasteiger partial charge in [0.25, 0.3) is 0 Å². The Labute approximate surface area is 147 Å². The van der Waals surface area contributed by atoms with Crippen molar-refractivity contribution >= 4 is 33.8 Å². The van der Waals surface area contributed by atoms with Crippen molar-refractivity contribution in [1.29, 1.82) is 0 Å². The van der Waals surface area contributed by atoms with Crippen LogP contribution in [-0.4, -0.2) is 25.5 Å². The van der Waals surface area contributed by atoms with Gasteiger partial charge < -0.3 is 14.2 Å². The van der Waals surface area contributed by atoms with Crippen molar-refractivity contribution in [3.05, 3.63) is 63.8 Å². The summed E-state index contributed by atoms with van der Waals surface area (Å²) >= 11 is 3.44. The van der Waals surface area contributed by atoms with Crippen LogP contribution in [0.2, 0.25) is 0 Å². The van der Waals surface area contributed by atoms with Crippen LogP contribution in [0.15, 0.2) is 52.7 Å². The van der Waals surface area contributed by atoms with Gasteiger partial charge >= 0.3 is 5.97 Å². The van der Waals surface area contributed by atoms with Crippen LogP contribution in [0.4, 0.5) is 0 Å². The molecule has 0 radical (unpaired) electrons. The van der Waals surface area contributed by atoms with Crippen LogP contribution in [0.25, 0.3) is 6.08 Å². The van der Waals surface area contributed by atoms with E-state index in [1.807, 2.05) is 24.3 Å². The van der Waals surface area contributed by atoms with Crippen LogP contribution in [0.1, 0.15) is 15.9 Å². The average molecular weight is 389 g/mol. The molecule has 0 fully saturated rings. The first kappa shape index (κ1) is 16.3. The van der Waals surface area contributed by atoms with E-state index in [-0.39, 0.29) is 18.1 Å². The van der Waals surface area contributed by atoms with Crippen LogP contribution in [0.3, 0.4) is 0 Å². The molecule has 0 aromatic heterocycles. The Bertz CT molecular complexity index is 841. The summed E-state index contributed by atoms with van der Waals surface area (Å²) in [5, 5.41) is 0. The molecule has 0 spiro atoms. The van der Waals surface area contributed by atoms with Crippen LogP contribution >= 0.6 is 15.9 Å². The van der Waals surface area contributed by atoms with Crippen molar-refractivity contribution in [2.24, 2.45) is 0 Å². The quantitative estimate of drug-likeness (QED) is 0.591. The standard InChI is InChI=1S/C18H13BrO5/c1-22-17(20)10-23-12-6-7-13-15(9-12)24-16(18(13)21)8-11-4-2-3-5-14(11)19/h2-9H,10H2,1H3/b16-8+. The fraction of sp³-hybridized carbons (Fsp3) is 0.111. The fourth-order valence-electron chi connectivity index (χ4n) is 2.19. The van der Waals surface area contributed by atoms with Gasteiger partial charge in [-0.1, -0.05) is 34.1 Å². The molecule has 0 aliphatic carbocycles. The number of methoxy groups -OCH3 is 1. The molecule has 0 unspecified atom stereocenters. The zero-order valence-corrected chi connectivity index (χ0v) is 14.3. The van der Waals surface area contributed by atoms with Gasteiger partial charge in [-0.05, 0) is 29.8 Å². The molecule has 1 aliphatic rings. The number of carbonyl (C=O) groups is 2. The Morgan fingerprint density at radius 2 is 2.04 bits per heavy atom. The molecular formula is C18H13BrO5. The number of ether oxygens (including phenoxy) is 3. The maximum Gasteiger partial charge on any atom is 0.343 e. The van der Waals surface area contributed by atoms with E-state index in [1.165, 1.54) is 7.11 Å². The largest absolute Gasteiger partial charge is 0.482 e. The summed E-state index contributed by atoms with van der Waals surface area (Å²) in [6.07, 6.45) is 1.68. The molecular weight excluding hydrogens is 376 g/mol. The summed E-state index contributed by atoms with van der Waals surface area (Å²) in [7, 11) is 1.29. The van der Waals surface area contributed by atoms with Gasteiger partial charge in [0, 0.05) is 10.5 Å². The van der Waals surface area contributed by atoms with Crippen molar-refractivity contribution in [3.8, 4) is 11.5 Å². The normalized spacial score (nSPS) is 14.2. The summed E-state index contributed by atoms with van der Waals surface area (Å²) in [6, 6.07) is 12.3. The lowest BCUT2D eigenvalue weighted by molar-refractivity contribution is -0.142. The highest BCUT2D eigenvalue weighted by atomic mass is 79.9. The predicted molar refractivity (Wildman–Crippen MR) is 91.0 cm³/mol. The summed E-state index contributed by atoms with van der Waals surface area (Å²) < 4.78 is 16.3. The number of fused-ring (bicyclic) bond motifs is 1. The zero-order chi connectivity index (χ0) is 17.1. The van der Waals surface area contributed by atoms with Gasteiger partial charge in [0.05, 0.1) is 12.7 Å². The number of esters is 1. The number of benzene rings is 2. The Hall–Kier alpha value is -2.60. The smallest absolute Gasteiger partial charge is 0.343 e. The van der Waals surface area contributed by atoms with Crippen molar-refractivity contribution < 1.29 is 23.8 Å². The molecule has 2 aromatic carbocycles. The molecule has 0 saturated heterocycles. The van der Waals surface area contributed by atoms with Gasteiger partial charge in [0.15, 0.2) is 12.4 Å². The first-order valence-corrected chi connectivity index (χ1v) is 7.90. The third-order valence-electron chi connectivity index (χ3n) is 3.42. The predicted octanol–water partition coefficient (Wildman–Crippen LogP) is 3.62. The van der Waals surface area contributed by atoms with Gasteiger partial charge in [0.2, 0.25) is 5.78 Å². The molecule has 6 heteroatoms. The molecule has 1 aliphatic heterocycles. The Morgan fingerprint density at radius 1 is 1.25 bits per heavy atom. The van der Waals surface area contributed by atoms with E-state index < -0.39 is 5.97 Å². The number of ketones is 1. The van der Waals surface area contributed by atoms with E-state index in [0.717, 1.165) is 10.0 Å².